The number of hydrogen-bond donors (Lipinski definition) is 1. The number of nitrogens with zero attached hydrogens (tertiary/aromatic N) is 3. The Morgan fingerprint density at radius 1 is 1.08 bits per heavy atom. The van der Waals surface area contributed by atoms with Crippen molar-refractivity contribution in [3.05, 3.63) is 77.6 Å². The van der Waals surface area contributed by atoms with Crippen LogP contribution in [0.15, 0.2) is 67.0 Å². The van der Waals surface area contributed by atoms with Crippen LogP contribution in [-0.4, -0.2) is 27.2 Å². The van der Waals surface area contributed by atoms with Gasteiger partial charge >= 0.3 is 0 Å². The van der Waals surface area contributed by atoms with Gasteiger partial charge in [-0.1, -0.05) is 30.3 Å². The van der Waals surface area contributed by atoms with Crippen LogP contribution in [0, 0.1) is 0 Å². The molecule has 1 N–H and O–H groups in total. The van der Waals surface area contributed by atoms with Crippen molar-refractivity contribution >= 4 is 27.5 Å². The molecule has 2 heterocycles. The van der Waals surface area contributed by atoms with Gasteiger partial charge < -0.3 is 5.32 Å². The van der Waals surface area contributed by atoms with E-state index in [2.05, 4.69) is 21.5 Å². The molecule has 1 amide bonds. The normalized spacial score (nSPS) is 10.9. The van der Waals surface area contributed by atoms with Crippen LogP contribution in [0.25, 0.3) is 15.9 Å². The summed E-state index contributed by atoms with van der Waals surface area (Å²) in [5.74, 6) is -0.00118. The number of hydrogen-bond acceptors (Lipinski definition) is 4. The second-order valence-electron chi connectivity index (χ2n) is 5.98. The molecule has 2 aromatic heterocycles. The summed E-state index contributed by atoms with van der Waals surface area (Å²) in [7, 11) is 0. The van der Waals surface area contributed by atoms with Gasteiger partial charge in [0.1, 0.15) is 0 Å². The minimum Gasteiger partial charge on any atom is -0.355 e. The molecule has 26 heavy (non-hydrogen) atoms. The van der Waals surface area contributed by atoms with Gasteiger partial charge in [0, 0.05) is 19.2 Å². The van der Waals surface area contributed by atoms with Gasteiger partial charge in [-0.05, 0) is 29.8 Å². The van der Waals surface area contributed by atoms with Gasteiger partial charge in [-0.25, -0.2) is 9.67 Å². The van der Waals surface area contributed by atoms with E-state index in [4.69, 9.17) is 0 Å². The summed E-state index contributed by atoms with van der Waals surface area (Å²) in [6, 6.07) is 17.9. The quantitative estimate of drug-likeness (QED) is 0.572. The number of fused-ring (bicyclic) bond motifs is 1. The summed E-state index contributed by atoms with van der Waals surface area (Å²) < 4.78 is 2.96. The zero-order valence-electron chi connectivity index (χ0n) is 14.1. The van der Waals surface area contributed by atoms with Gasteiger partial charge in [-0.2, -0.15) is 5.10 Å². The fourth-order valence-electron chi connectivity index (χ4n) is 2.76. The Bertz CT molecular complexity index is 989. The molecule has 0 saturated carbocycles. The highest BCUT2D eigenvalue weighted by Crippen LogP contribution is 2.21. The lowest BCUT2D eigenvalue weighted by atomic mass is 10.2. The van der Waals surface area contributed by atoms with Crippen LogP contribution in [0.5, 0.6) is 0 Å². The Morgan fingerprint density at radius 3 is 2.73 bits per heavy atom. The molecule has 6 heteroatoms. The summed E-state index contributed by atoms with van der Waals surface area (Å²) >= 11 is 1.68. The van der Waals surface area contributed by atoms with Crippen molar-refractivity contribution in [1.82, 2.24) is 20.1 Å². The maximum Gasteiger partial charge on any atom is 0.224 e. The molecule has 0 saturated heterocycles. The zero-order valence-corrected chi connectivity index (χ0v) is 14.9. The van der Waals surface area contributed by atoms with Crippen molar-refractivity contribution in [2.24, 2.45) is 0 Å². The molecular weight excluding hydrogens is 344 g/mol. The van der Waals surface area contributed by atoms with E-state index in [-0.39, 0.29) is 5.91 Å². The van der Waals surface area contributed by atoms with Crippen molar-refractivity contribution < 1.29 is 4.79 Å². The summed E-state index contributed by atoms with van der Waals surface area (Å²) in [6.45, 7) is 0.589. The van der Waals surface area contributed by atoms with Crippen LogP contribution in [-0.2, 0) is 17.6 Å². The number of rotatable bonds is 6. The minimum atomic E-state index is -0.00118. The topological polar surface area (TPSA) is 59.8 Å². The van der Waals surface area contributed by atoms with Crippen molar-refractivity contribution in [3.63, 3.8) is 0 Å². The first-order valence-electron chi connectivity index (χ1n) is 8.48. The molecule has 0 aliphatic carbocycles. The van der Waals surface area contributed by atoms with Crippen molar-refractivity contribution in [3.8, 4) is 5.69 Å². The maximum absolute atomic E-state index is 12.2. The van der Waals surface area contributed by atoms with E-state index in [1.54, 1.807) is 22.2 Å². The van der Waals surface area contributed by atoms with Crippen LogP contribution in [0.4, 0.5) is 0 Å². The third kappa shape index (κ3) is 3.81. The smallest absolute Gasteiger partial charge is 0.224 e. The zero-order chi connectivity index (χ0) is 17.8. The van der Waals surface area contributed by atoms with Crippen LogP contribution in [0.3, 0.4) is 0 Å². The number of carbonyl (C=O) groups is 1. The number of amides is 1. The van der Waals surface area contributed by atoms with Gasteiger partial charge in [0.05, 0.1) is 33.5 Å². The number of thiazole rings is 1. The molecule has 0 atom stereocenters. The van der Waals surface area contributed by atoms with E-state index in [9.17, 15) is 4.79 Å². The first kappa shape index (κ1) is 16.5. The minimum absolute atomic E-state index is 0.00118. The van der Waals surface area contributed by atoms with E-state index in [0.717, 1.165) is 28.2 Å². The first-order chi connectivity index (χ1) is 12.8. The summed E-state index contributed by atoms with van der Waals surface area (Å²) in [5.41, 5.74) is 2.90. The highest BCUT2D eigenvalue weighted by molar-refractivity contribution is 7.18. The lowest BCUT2D eigenvalue weighted by Gasteiger charge is -2.02. The second-order valence-corrected chi connectivity index (χ2v) is 7.10. The van der Waals surface area contributed by atoms with Crippen molar-refractivity contribution in [2.75, 3.05) is 6.54 Å². The predicted molar refractivity (Wildman–Crippen MR) is 104 cm³/mol. The van der Waals surface area contributed by atoms with Crippen LogP contribution >= 0.6 is 11.3 Å². The number of aromatic nitrogens is 3. The second kappa shape index (κ2) is 7.49. The molecule has 4 aromatic rings. The molecule has 0 fully saturated rings. The standard InChI is InChI=1S/C20H18N4OS/c25-19(12-15-13-22-24(14-15)16-6-2-1-3-7-16)21-11-10-20-23-17-8-4-5-9-18(17)26-20/h1-9,13-14H,10-12H2,(H,21,25). The van der Waals surface area contributed by atoms with Crippen molar-refractivity contribution in [1.29, 1.82) is 0 Å². The number of nitrogens with one attached hydrogen (secondary N) is 1. The molecule has 130 valence electrons. The monoisotopic (exact) mass is 362 g/mol. The molecule has 0 spiro atoms. The Kier molecular flexibility index (Phi) is 4.75. The fourth-order valence-corrected chi connectivity index (χ4v) is 3.72. The predicted octanol–water partition coefficient (Wildman–Crippen LogP) is 3.38. The fraction of sp³-hybridized carbons (Fsp3) is 0.150. The highest BCUT2D eigenvalue weighted by Gasteiger charge is 2.08. The number of benzene rings is 2. The maximum atomic E-state index is 12.2. The Morgan fingerprint density at radius 2 is 1.88 bits per heavy atom. The van der Waals surface area contributed by atoms with Crippen LogP contribution in [0.1, 0.15) is 10.6 Å². The van der Waals surface area contributed by atoms with E-state index in [1.807, 2.05) is 54.7 Å². The number of para-hydroxylation sites is 2. The molecule has 0 unspecified atom stereocenters. The van der Waals surface area contributed by atoms with E-state index in [0.29, 0.717) is 13.0 Å². The average Bonchev–Trinajstić information content (AvgIpc) is 3.29. The third-order valence-corrected chi connectivity index (χ3v) is 5.12. The molecule has 0 radical (unpaired) electrons. The van der Waals surface area contributed by atoms with Gasteiger partial charge in [0.15, 0.2) is 0 Å². The van der Waals surface area contributed by atoms with Crippen molar-refractivity contribution in [2.45, 2.75) is 12.8 Å². The van der Waals surface area contributed by atoms with E-state index >= 15 is 0 Å². The average molecular weight is 362 g/mol. The lowest BCUT2D eigenvalue weighted by Crippen LogP contribution is -2.27. The molecule has 2 aromatic carbocycles. The third-order valence-electron chi connectivity index (χ3n) is 4.02. The molecule has 0 aliphatic heterocycles. The van der Waals surface area contributed by atoms with Gasteiger partial charge in [-0.3, -0.25) is 4.79 Å². The van der Waals surface area contributed by atoms with Crippen LogP contribution < -0.4 is 5.32 Å². The molecule has 0 aliphatic rings. The van der Waals surface area contributed by atoms with Gasteiger partial charge in [-0.15, -0.1) is 11.3 Å². The summed E-state index contributed by atoms with van der Waals surface area (Å²) in [5, 5.41) is 8.33. The SMILES string of the molecule is O=C(Cc1cnn(-c2ccccc2)c1)NCCc1nc2ccccc2s1. The largest absolute Gasteiger partial charge is 0.355 e. The highest BCUT2D eigenvalue weighted by atomic mass is 32.1. The Labute approximate surface area is 155 Å². The van der Waals surface area contributed by atoms with Gasteiger partial charge in [0.25, 0.3) is 0 Å². The summed E-state index contributed by atoms with van der Waals surface area (Å²) in [4.78, 5) is 16.7. The summed E-state index contributed by atoms with van der Waals surface area (Å²) in [6.07, 6.45) is 4.70. The van der Waals surface area contributed by atoms with Gasteiger partial charge in [0.2, 0.25) is 5.91 Å². The Balaban J connectivity index is 1.29. The molecule has 0 bridgehead atoms. The molecular formula is C20H18N4OS. The Hall–Kier alpha value is -2.99. The first-order valence-corrected chi connectivity index (χ1v) is 9.30. The lowest BCUT2D eigenvalue weighted by molar-refractivity contribution is -0.120. The van der Waals surface area contributed by atoms with E-state index in [1.165, 1.54) is 4.70 Å². The molecule has 5 nitrogen and oxygen atoms in total. The number of carbonyl (C=O) groups excluding carboxylic acids is 1. The van der Waals surface area contributed by atoms with Crippen LogP contribution in [0.2, 0.25) is 0 Å². The van der Waals surface area contributed by atoms with E-state index < -0.39 is 0 Å². The molecule has 4 rings (SSSR count).